The molecule has 1 aromatic heterocycles. The van der Waals surface area contributed by atoms with Gasteiger partial charge >= 0.3 is 0 Å². The highest BCUT2D eigenvalue weighted by molar-refractivity contribution is 7.09. The predicted molar refractivity (Wildman–Crippen MR) is 97.5 cm³/mol. The molecule has 0 unspecified atom stereocenters. The maximum Gasteiger partial charge on any atom is 0.254 e. The number of piperazine rings is 1. The van der Waals surface area contributed by atoms with Gasteiger partial charge < -0.3 is 19.7 Å². The summed E-state index contributed by atoms with van der Waals surface area (Å²) in [5, 5.41) is 6.28. The summed E-state index contributed by atoms with van der Waals surface area (Å²) >= 11 is 1.59. The van der Waals surface area contributed by atoms with Crippen molar-refractivity contribution in [3.05, 3.63) is 39.8 Å². The van der Waals surface area contributed by atoms with Gasteiger partial charge in [0, 0.05) is 36.6 Å². The molecule has 1 aliphatic rings. The first-order valence-electron chi connectivity index (χ1n) is 8.32. The molecule has 1 saturated heterocycles. The van der Waals surface area contributed by atoms with Gasteiger partial charge in [-0.3, -0.25) is 4.79 Å². The van der Waals surface area contributed by atoms with E-state index in [-0.39, 0.29) is 11.9 Å². The van der Waals surface area contributed by atoms with Crippen LogP contribution in [0, 0.1) is 6.92 Å². The van der Waals surface area contributed by atoms with Crippen LogP contribution in [-0.2, 0) is 6.61 Å². The molecule has 1 atom stereocenters. The van der Waals surface area contributed by atoms with Gasteiger partial charge in [0.1, 0.15) is 6.61 Å². The number of aryl methyl sites for hydroxylation is 1. The number of nitrogens with zero attached hydrogens (tertiary/aromatic N) is 2. The number of rotatable bonds is 5. The van der Waals surface area contributed by atoms with Gasteiger partial charge in [0.25, 0.3) is 5.91 Å². The number of ether oxygens (including phenoxy) is 2. The molecule has 3 rings (SSSR count). The summed E-state index contributed by atoms with van der Waals surface area (Å²) in [6, 6.07) is 5.51. The Morgan fingerprint density at radius 2 is 2.28 bits per heavy atom. The first-order valence-corrected chi connectivity index (χ1v) is 9.20. The van der Waals surface area contributed by atoms with Crippen molar-refractivity contribution in [1.29, 1.82) is 0 Å². The number of thiazole rings is 1. The molecule has 1 fully saturated rings. The lowest BCUT2D eigenvalue weighted by atomic mass is 10.1. The van der Waals surface area contributed by atoms with Gasteiger partial charge in [-0.15, -0.1) is 11.3 Å². The minimum absolute atomic E-state index is 0.0222. The molecular weight excluding hydrogens is 338 g/mol. The van der Waals surface area contributed by atoms with Crippen molar-refractivity contribution >= 4 is 17.2 Å². The lowest BCUT2D eigenvalue weighted by Gasteiger charge is -2.34. The summed E-state index contributed by atoms with van der Waals surface area (Å²) < 4.78 is 11.2. The largest absolute Gasteiger partial charge is 0.493 e. The molecule has 134 valence electrons. The molecule has 0 bridgehead atoms. The number of carbonyl (C=O) groups excluding carboxylic acids is 1. The summed E-state index contributed by atoms with van der Waals surface area (Å²) in [6.07, 6.45) is 0. The topological polar surface area (TPSA) is 63.7 Å². The van der Waals surface area contributed by atoms with Crippen molar-refractivity contribution in [2.75, 3.05) is 26.7 Å². The van der Waals surface area contributed by atoms with Gasteiger partial charge in [-0.2, -0.15) is 0 Å². The number of carbonyl (C=O) groups is 1. The van der Waals surface area contributed by atoms with Gasteiger partial charge in [-0.25, -0.2) is 4.98 Å². The molecule has 0 spiro atoms. The molecule has 6 nitrogen and oxygen atoms in total. The molecular formula is C18H23N3O3S. The predicted octanol–water partition coefficient (Wildman–Crippen LogP) is 2.47. The third-order valence-electron chi connectivity index (χ3n) is 4.21. The van der Waals surface area contributed by atoms with Crippen LogP contribution in [0.1, 0.15) is 28.0 Å². The molecule has 0 radical (unpaired) electrons. The van der Waals surface area contributed by atoms with Crippen molar-refractivity contribution in [3.8, 4) is 11.5 Å². The number of amides is 1. The zero-order valence-electron chi connectivity index (χ0n) is 14.7. The summed E-state index contributed by atoms with van der Waals surface area (Å²) in [5.74, 6) is 1.19. The fourth-order valence-corrected chi connectivity index (χ4v) is 3.45. The Labute approximate surface area is 151 Å². The Balaban J connectivity index is 1.73. The van der Waals surface area contributed by atoms with Gasteiger partial charge in [-0.05, 0) is 32.0 Å². The quantitative estimate of drug-likeness (QED) is 0.886. The second-order valence-electron chi connectivity index (χ2n) is 6.06. The molecule has 2 aromatic rings. The van der Waals surface area contributed by atoms with Crippen LogP contribution in [0.3, 0.4) is 0 Å². The van der Waals surface area contributed by atoms with E-state index in [4.69, 9.17) is 9.47 Å². The molecule has 1 amide bonds. The Morgan fingerprint density at radius 3 is 2.96 bits per heavy atom. The second kappa shape index (κ2) is 7.84. The summed E-state index contributed by atoms with van der Waals surface area (Å²) in [6.45, 7) is 6.74. The van der Waals surface area contributed by atoms with E-state index in [9.17, 15) is 4.79 Å². The van der Waals surface area contributed by atoms with Crippen LogP contribution in [0.15, 0.2) is 23.6 Å². The van der Waals surface area contributed by atoms with Crippen molar-refractivity contribution in [2.45, 2.75) is 26.5 Å². The van der Waals surface area contributed by atoms with Crippen LogP contribution in [0.5, 0.6) is 11.5 Å². The number of nitrogens with one attached hydrogen (secondary N) is 1. The Bertz CT molecular complexity index is 747. The SMILES string of the molecule is COc1cc(C(=O)N2CCNC[C@H]2C)ccc1OCc1csc(C)n1. The Hall–Kier alpha value is -2.12. The molecule has 7 heteroatoms. The van der Waals surface area contributed by atoms with E-state index in [0.717, 1.165) is 23.8 Å². The van der Waals surface area contributed by atoms with Crippen molar-refractivity contribution < 1.29 is 14.3 Å². The van der Waals surface area contributed by atoms with Crippen LogP contribution < -0.4 is 14.8 Å². The first kappa shape index (κ1) is 17.7. The van der Waals surface area contributed by atoms with Crippen LogP contribution in [-0.4, -0.2) is 48.6 Å². The number of methoxy groups -OCH3 is 1. The lowest BCUT2D eigenvalue weighted by Crippen LogP contribution is -2.52. The zero-order chi connectivity index (χ0) is 17.8. The zero-order valence-corrected chi connectivity index (χ0v) is 15.6. The normalized spacial score (nSPS) is 17.4. The first-order chi connectivity index (χ1) is 12.1. The van der Waals surface area contributed by atoms with E-state index < -0.39 is 0 Å². The van der Waals surface area contributed by atoms with Crippen LogP contribution in [0.4, 0.5) is 0 Å². The number of hydrogen-bond donors (Lipinski definition) is 1. The van der Waals surface area contributed by atoms with Crippen molar-refractivity contribution in [2.24, 2.45) is 0 Å². The van der Waals surface area contributed by atoms with E-state index in [1.807, 2.05) is 17.2 Å². The highest BCUT2D eigenvalue weighted by Crippen LogP contribution is 2.29. The second-order valence-corrected chi connectivity index (χ2v) is 7.13. The highest BCUT2D eigenvalue weighted by atomic mass is 32.1. The average molecular weight is 361 g/mol. The number of aromatic nitrogens is 1. The lowest BCUT2D eigenvalue weighted by molar-refractivity contribution is 0.0655. The van der Waals surface area contributed by atoms with E-state index in [1.165, 1.54) is 0 Å². The molecule has 1 N–H and O–H groups in total. The van der Waals surface area contributed by atoms with Crippen LogP contribution in [0.25, 0.3) is 0 Å². The molecule has 25 heavy (non-hydrogen) atoms. The van der Waals surface area contributed by atoms with Crippen molar-refractivity contribution in [1.82, 2.24) is 15.2 Å². The van der Waals surface area contributed by atoms with E-state index in [2.05, 4.69) is 17.2 Å². The van der Waals surface area contributed by atoms with E-state index >= 15 is 0 Å². The monoisotopic (exact) mass is 361 g/mol. The highest BCUT2D eigenvalue weighted by Gasteiger charge is 2.24. The number of benzene rings is 1. The maximum atomic E-state index is 12.8. The summed E-state index contributed by atoms with van der Waals surface area (Å²) in [7, 11) is 1.58. The number of hydrogen-bond acceptors (Lipinski definition) is 6. The van der Waals surface area contributed by atoms with Gasteiger partial charge in [0.15, 0.2) is 11.5 Å². The standard InChI is InChI=1S/C18H23N3O3S/c1-12-9-19-6-7-21(12)18(22)14-4-5-16(17(8-14)23-3)24-10-15-11-25-13(2)20-15/h4-5,8,11-12,19H,6-7,9-10H2,1-3H3/t12-/m1/s1. The summed E-state index contributed by atoms with van der Waals surface area (Å²) in [4.78, 5) is 19.0. The van der Waals surface area contributed by atoms with E-state index in [0.29, 0.717) is 30.2 Å². The van der Waals surface area contributed by atoms with E-state index in [1.54, 1.807) is 36.6 Å². The third-order valence-corrected chi connectivity index (χ3v) is 5.04. The third kappa shape index (κ3) is 4.11. The molecule has 0 saturated carbocycles. The minimum atomic E-state index is 0.0222. The van der Waals surface area contributed by atoms with Crippen LogP contribution in [0.2, 0.25) is 0 Å². The maximum absolute atomic E-state index is 12.8. The van der Waals surface area contributed by atoms with Gasteiger partial charge in [-0.1, -0.05) is 0 Å². The van der Waals surface area contributed by atoms with Crippen LogP contribution >= 0.6 is 11.3 Å². The van der Waals surface area contributed by atoms with Gasteiger partial charge in [0.05, 0.1) is 17.8 Å². The van der Waals surface area contributed by atoms with Gasteiger partial charge in [0.2, 0.25) is 0 Å². The minimum Gasteiger partial charge on any atom is -0.493 e. The molecule has 1 aliphatic heterocycles. The van der Waals surface area contributed by atoms with Crippen molar-refractivity contribution in [3.63, 3.8) is 0 Å². The Kier molecular flexibility index (Phi) is 5.55. The molecule has 2 heterocycles. The molecule has 0 aliphatic carbocycles. The Morgan fingerprint density at radius 1 is 1.44 bits per heavy atom. The smallest absolute Gasteiger partial charge is 0.254 e. The molecule has 1 aromatic carbocycles. The average Bonchev–Trinajstić information content (AvgIpc) is 3.05. The summed E-state index contributed by atoms with van der Waals surface area (Å²) in [5.41, 5.74) is 1.50. The fourth-order valence-electron chi connectivity index (χ4n) is 2.85. The fraction of sp³-hybridized carbons (Fsp3) is 0.444.